The number of nitrogens with zero attached hydrogens (tertiary/aromatic N) is 3. The van der Waals surface area contributed by atoms with E-state index in [1.807, 2.05) is 24.3 Å². The topological polar surface area (TPSA) is 50.3 Å². The first-order valence-corrected chi connectivity index (χ1v) is 7.74. The molecule has 0 radical (unpaired) electrons. The average Bonchev–Trinajstić information content (AvgIpc) is 2.61. The highest BCUT2D eigenvalue weighted by Crippen LogP contribution is 2.18. The number of aromatic nitrogens is 2. The lowest BCUT2D eigenvalue weighted by atomic mass is 10.1. The van der Waals surface area contributed by atoms with Gasteiger partial charge in [-0.3, -0.25) is 0 Å². The Morgan fingerprint density at radius 3 is 3.09 bits per heavy atom. The molecule has 1 fully saturated rings. The molecule has 1 saturated heterocycles. The van der Waals surface area contributed by atoms with E-state index in [2.05, 4.69) is 32.5 Å². The van der Waals surface area contributed by atoms with Crippen LogP contribution in [0, 0.1) is 0 Å². The van der Waals surface area contributed by atoms with Crippen LogP contribution in [0.2, 0.25) is 0 Å². The fourth-order valence-electron chi connectivity index (χ4n) is 2.86. The quantitative estimate of drug-likeness (QED) is 0.917. The molecule has 1 atom stereocenters. The van der Waals surface area contributed by atoms with Crippen molar-refractivity contribution in [2.45, 2.75) is 25.4 Å². The van der Waals surface area contributed by atoms with Gasteiger partial charge in [0.1, 0.15) is 5.75 Å². The van der Waals surface area contributed by atoms with Crippen molar-refractivity contribution in [1.82, 2.24) is 15.5 Å². The summed E-state index contributed by atoms with van der Waals surface area (Å²) < 4.78 is 5.27. The Labute approximate surface area is 131 Å². The number of piperidine rings is 1. The number of methoxy groups -OCH3 is 1. The van der Waals surface area contributed by atoms with Gasteiger partial charge in [0.15, 0.2) is 5.82 Å². The molecule has 1 aromatic heterocycles. The zero-order chi connectivity index (χ0) is 15.2. The second kappa shape index (κ2) is 7.22. The summed E-state index contributed by atoms with van der Waals surface area (Å²) in [7, 11) is 1.70. The summed E-state index contributed by atoms with van der Waals surface area (Å²) in [6.45, 7) is 2.88. The summed E-state index contributed by atoms with van der Waals surface area (Å²) in [4.78, 5) is 2.31. The van der Waals surface area contributed by atoms with E-state index in [0.717, 1.165) is 31.2 Å². The molecule has 1 N–H and O–H groups in total. The van der Waals surface area contributed by atoms with Gasteiger partial charge in [-0.15, -0.1) is 5.10 Å². The highest BCUT2D eigenvalue weighted by molar-refractivity contribution is 5.37. The van der Waals surface area contributed by atoms with Crippen LogP contribution in [0.3, 0.4) is 0 Å². The van der Waals surface area contributed by atoms with Crippen molar-refractivity contribution >= 4 is 5.82 Å². The van der Waals surface area contributed by atoms with Crippen LogP contribution in [0.15, 0.2) is 42.6 Å². The number of rotatable bonds is 5. The van der Waals surface area contributed by atoms with Gasteiger partial charge in [-0.1, -0.05) is 12.1 Å². The summed E-state index contributed by atoms with van der Waals surface area (Å²) >= 11 is 0. The second-order valence-electron chi connectivity index (χ2n) is 5.60. The number of benzene rings is 1. The minimum atomic E-state index is 0.474. The van der Waals surface area contributed by atoms with Gasteiger partial charge in [-0.05, 0) is 42.7 Å². The van der Waals surface area contributed by atoms with Crippen LogP contribution in [-0.2, 0) is 6.54 Å². The lowest BCUT2D eigenvalue weighted by molar-refractivity contribution is 0.409. The van der Waals surface area contributed by atoms with Crippen LogP contribution in [0.25, 0.3) is 0 Å². The zero-order valence-corrected chi connectivity index (χ0v) is 12.9. The molecule has 1 unspecified atom stereocenters. The molecule has 0 spiro atoms. The Morgan fingerprint density at radius 1 is 1.32 bits per heavy atom. The molecule has 116 valence electrons. The van der Waals surface area contributed by atoms with Gasteiger partial charge in [-0.2, -0.15) is 5.10 Å². The molecule has 1 aromatic carbocycles. The number of hydrogen-bond donors (Lipinski definition) is 1. The van der Waals surface area contributed by atoms with Crippen molar-refractivity contribution in [3.8, 4) is 5.75 Å². The third-order valence-corrected chi connectivity index (χ3v) is 4.03. The fraction of sp³-hybridized carbons (Fsp3) is 0.412. The van der Waals surface area contributed by atoms with E-state index in [0.29, 0.717) is 6.04 Å². The lowest BCUT2D eigenvalue weighted by Gasteiger charge is -2.33. The third kappa shape index (κ3) is 3.74. The summed E-state index contributed by atoms with van der Waals surface area (Å²) in [6.07, 6.45) is 4.08. The van der Waals surface area contributed by atoms with Gasteiger partial charge in [0, 0.05) is 31.9 Å². The monoisotopic (exact) mass is 298 g/mol. The summed E-state index contributed by atoms with van der Waals surface area (Å²) in [5.74, 6) is 1.87. The largest absolute Gasteiger partial charge is 0.497 e. The van der Waals surface area contributed by atoms with E-state index in [1.54, 1.807) is 13.3 Å². The highest BCUT2D eigenvalue weighted by Gasteiger charge is 2.20. The van der Waals surface area contributed by atoms with Crippen molar-refractivity contribution < 1.29 is 4.74 Å². The van der Waals surface area contributed by atoms with Crippen LogP contribution in [0.4, 0.5) is 5.82 Å². The van der Waals surface area contributed by atoms with Crippen LogP contribution in [0.5, 0.6) is 5.75 Å². The molecule has 2 heterocycles. The van der Waals surface area contributed by atoms with Crippen molar-refractivity contribution in [2.24, 2.45) is 0 Å². The van der Waals surface area contributed by atoms with Gasteiger partial charge in [0.2, 0.25) is 0 Å². The Kier molecular flexibility index (Phi) is 4.85. The predicted octanol–water partition coefficient (Wildman–Crippen LogP) is 2.24. The lowest BCUT2D eigenvalue weighted by Crippen LogP contribution is -2.45. The van der Waals surface area contributed by atoms with E-state index in [1.165, 1.54) is 18.4 Å². The molecule has 1 aliphatic rings. The maximum Gasteiger partial charge on any atom is 0.151 e. The van der Waals surface area contributed by atoms with Crippen molar-refractivity contribution in [1.29, 1.82) is 0 Å². The van der Waals surface area contributed by atoms with E-state index >= 15 is 0 Å². The maximum absolute atomic E-state index is 5.27. The summed E-state index contributed by atoms with van der Waals surface area (Å²) in [6, 6.07) is 12.6. The molecule has 2 aromatic rings. The molecule has 0 amide bonds. The Morgan fingerprint density at radius 2 is 2.27 bits per heavy atom. The first kappa shape index (κ1) is 14.8. The third-order valence-electron chi connectivity index (χ3n) is 4.03. The Balaban J connectivity index is 1.56. The molecule has 5 nitrogen and oxygen atoms in total. The normalized spacial score (nSPS) is 18.2. The van der Waals surface area contributed by atoms with E-state index < -0.39 is 0 Å². The first-order chi connectivity index (χ1) is 10.8. The number of ether oxygens (including phenoxy) is 1. The van der Waals surface area contributed by atoms with Gasteiger partial charge < -0.3 is 15.0 Å². The van der Waals surface area contributed by atoms with Crippen molar-refractivity contribution in [3.63, 3.8) is 0 Å². The van der Waals surface area contributed by atoms with Gasteiger partial charge in [-0.25, -0.2) is 0 Å². The van der Waals surface area contributed by atoms with Gasteiger partial charge in [0.25, 0.3) is 0 Å². The van der Waals surface area contributed by atoms with Crippen molar-refractivity contribution in [3.05, 3.63) is 48.2 Å². The van der Waals surface area contributed by atoms with Crippen LogP contribution in [0.1, 0.15) is 18.4 Å². The highest BCUT2D eigenvalue weighted by atomic mass is 16.5. The molecule has 0 saturated carbocycles. The Hall–Kier alpha value is -2.14. The number of nitrogens with one attached hydrogen (secondary N) is 1. The van der Waals surface area contributed by atoms with E-state index in [4.69, 9.17) is 4.74 Å². The minimum Gasteiger partial charge on any atom is -0.497 e. The van der Waals surface area contributed by atoms with Gasteiger partial charge >= 0.3 is 0 Å². The second-order valence-corrected chi connectivity index (χ2v) is 5.60. The standard InChI is InChI=1S/C17H22N4O/c1-22-16-7-2-5-14(11-16)12-18-15-6-4-10-21(13-15)17-8-3-9-19-20-17/h2-3,5,7-9,11,15,18H,4,6,10,12-13H2,1H3. The molecular formula is C17H22N4O. The predicted molar refractivity (Wildman–Crippen MR) is 87.1 cm³/mol. The fourth-order valence-corrected chi connectivity index (χ4v) is 2.86. The number of anilines is 1. The molecular weight excluding hydrogens is 276 g/mol. The first-order valence-electron chi connectivity index (χ1n) is 7.74. The van der Waals surface area contributed by atoms with Crippen LogP contribution >= 0.6 is 0 Å². The van der Waals surface area contributed by atoms with Gasteiger partial charge in [0.05, 0.1) is 7.11 Å². The Bertz CT molecular complexity index is 590. The summed E-state index contributed by atoms with van der Waals surface area (Å²) in [5.41, 5.74) is 1.25. The molecule has 0 bridgehead atoms. The molecule has 1 aliphatic heterocycles. The van der Waals surface area contributed by atoms with E-state index in [9.17, 15) is 0 Å². The van der Waals surface area contributed by atoms with Crippen LogP contribution < -0.4 is 15.0 Å². The maximum atomic E-state index is 5.27. The summed E-state index contributed by atoms with van der Waals surface area (Å²) in [5, 5.41) is 11.8. The molecule has 3 rings (SSSR count). The van der Waals surface area contributed by atoms with E-state index in [-0.39, 0.29) is 0 Å². The molecule has 0 aliphatic carbocycles. The SMILES string of the molecule is COc1cccc(CNC2CCCN(c3cccnn3)C2)c1. The number of hydrogen-bond acceptors (Lipinski definition) is 5. The van der Waals surface area contributed by atoms with Crippen molar-refractivity contribution in [2.75, 3.05) is 25.1 Å². The minimum absolute atomic E-state index is 0.474. The smallest absolute Gasteiger partial charge is 0.151 e. The molecule has 5 heteroatoms. The average molecular weight is 298 g/mol. The molecule has 22 heavy (non-hydrogen) atoms. The zero-order valence-electron chi connectivity index (χ0n) is 12.9. The van der Waals surface area contributed by atoms with Crippen LogP contribution in [-0.4, -0.2) is 36.4 Å².